The van der Waals surface area contributed by atoms with Gasteiger partial charge in [0.1, 0.15) is 18.1 Å². The molecule has 2 aromatic heterocycles. The van der Waals surface area contributed by atoms with E-state index in [9.17, 15) is 29.1 Å². The van der Waals surface area contributed by atoms with Crippen molar-refractivity contribution in [3.63, 3.8) is 0 Å². The number of H-pyrrole nitrogens is 2. The number of nitrogens with two attached hydrogens (primary N) is 2. The van der Waals surface area contributed by atoms with Crippen molar-refractivity contribution < 1.29 is 29.1 Å². The second-order valence-electron chi connectivity index (χ2n) is 11.6. The number of carbonyl (C=O) groups excluding carboxylic acids is 4. The molecule has 2 heterocycles. The molecule has 0 saturated heterocycles. The number of carbonyl (C=O) groups is 5. The maximum Gasteiger partial charge on any atom is 0.326 e. The van der Waals surface area contributed by atoms with E-state index in [-0.39, 0.29) is 19.3 Å². The number of carboxylic acids is 1. The number of benzene rings is 3. The molecule has 0 aliphatic heterocycles. The number of rotatable bonds is 15. The van der Waals surface area contributed by atoms with E-state index >= 15 is 0 Å². The molecular formula is C35H37N7O6. The molecule has 13 nitrogen and oxygen atoms in total. The van der Waals surface area contributed by atoms with Gasteiger partial charge in [-0.05, 0) is 28.8 Å². The van der Waals surface area contributed by atoms with Crippen molar-refractivity contribution in [2.45, 2.75) is 49.9 Å². The number of aromatic amines is 2. The Hall–Kier alpha value is -5.95. The molecule has 13 heteroatoms. The summed E-state index contributed by atoms with van der Waals surface area (Å²) in [5.74, 6) is -4.24. The Balaban J connectivity index is 1.43. The van der Waals surface area contributed by atoms with Gasteiger partial charge in [0.15, 0.2) is 0 Å². The van der Waals surface area contributed by atoms with Crippen LogP contribution in [0, 0.1) is 0 Å². The average molecular weight is 652 g/mol. The normalized spacial score (nSPS) is 13.7. The lowest BCUT2D eigenvalue weighted by molar-refractivity contribution is -0.142. The summed E-state index contributed by atoms with van der Waals surface area (Å²) in [6.07, 6.45) is 3.05. The van der Waals surface area contributed by atoms with Crippen molar-refractivity contribution >= 4 is 51.4 Å². The fourth-order valence-electron chi connectivity index (χ4n) is 5.64. The first-order valence-electron chi connectivity index (χ1n) is 15.4. The van der Waals surface area contributed by atoms with Crippen LogP contribution in [0.2, 0.25) is 0 Å². The lowest BCUT2D eigenvalue weighted by Crippen LogP contribution is -2.58. The highest BCUT2D eigenvalue weighted by Gasteiger charge is 2.32. The van der Waals surface area contributed by atoms with Crippen LogP contribution in [0.1, 0.15) is 23.1 Å². The molecule has 48 heavy (non-hydrogen) atoms. The molecule has 0 saturated carbocycles. The van der Waals surface area contributed by atoms with Gasteiger partial charge >= 0.3 is 5.97 Å². The number of aromatic nitrogens is 2. The molecule has 3 aromatic carbocycles. The summed E-state index contributed by atoms with van der Waals surface area (Å²) in [4.78, 5) is 70.9. The number of nitrogens with one attached hydrogen (secondary N) is 5. The van der Waals surface area contributed by atoms with Gasteiger partial charge in [-0.3, -0.25) is 19.2 Å². The van der Waals surface area contributed by atoms with E-state index in [1.54, 1.807) is 42.7 Å². The van der Waals surface area contributed by atoms with E-state index in [0.29, 0.717) is 16.7 Å². The summed E-state index contributed by atoms with van der Waals surface area (Å²) in [7, 11) is 0. The van der Waals surface area contributed by atoms with Gasteiger partial charge in [-0.25, -0.2) is 4.79 Å². The number of primary amides is 1. The number of hydrogen-bond acceptors (Lipinski definition) is 6. The zero-order chi connectivity index (χ0) is 34.2. The molecule has 0 radical (unpaired) electrons. The highest BCUT2D eigenvalue weighted by atomic mass is 16.4. The number of carboxylic acid groups (broad SMARTS) is 1. The summed E-state index contributed by atoms with van der Waals surface area (Å²) >= 11 is 0. The first-order chi connectivity index (χ1) is 23.1. The van der Waals surface area contributed by atoms with Crippen molar-refractivity contribution in [3.8, 4) is 0 Å². The Morgan fingerprint density at radius 2 is 1.08 bits per heavy atom. The third kappa shape index (κ3) is 8.25. The zero-order valence-electron chi connectivity index (χ0n) is 25.9. The van der Waals surface area contributed by atoms with Gasteiger partial charge in [-0.2, -0.15) is 0 Å². The van der Waals surface area contributed by atoms with Crippen LogP contribution in [0.25, 0.3) is 21.8 Å². The van der Waals surface area contributed by atoms with E-state index in [2.05, 4.69) is 25.9 Å². The largest absolute Gasteiger partial charge is 0.480 e. The standard InChI is InChI=1S/C35H37N7O6/c36-25(17-31(37)43)32(44)40-28(15-21-18-38-26-12-6-4-10-23(21)26)33(45)41-29(16-22-19-39-27-13-7-5-11-24(22)27)34(46)42-30(35(47)48)14-20-8-2-1-3-9-20/h1-13,18-19,25,28-30,38-39H,14-17,36H2,(H2,37,43)(H,40,44)(H,41,45)(H,42,46)(H,47,48). The first kappa shape index (κ1) is 33.4. The number of fused-ring (bicyclic) bond motifs is 2. The highest BCUT2D eigenvalue weighted by Crippen LogP contribution is 2.21. The Labute approximate surface area is 275 Å². The maximum absolute atomic E-state index is 14.0. The van der Waals surface area contributed by atoms with Crippen molar-refractivity contribution in [1.29, 1.82) is 0 Å². The predicted molar refractivity (Wildman–Crippen MR) is 179 cm³/mol. The molecule has 4 unspecified atom stereocenters. The molecule has 5 aromatic rings. The lowest BCUT2D eigenvalue weighted by atomic mass is 10.0. The van der Waals surface area contributed by atoms with E-state index in [0.717, 1.165) is 21.8 Å². The molecule has 0 bridgehead atoms. The zero-order valence-corrected chi connectivity index (χ0v) is 25.9. The quantitative estimate of drug-likeness (QED) is 0.0830. The summed E-state index contributed by atoms with van der Waals surface area (Å²) < 4.78 is 0. The van der Waals surface area contributed by atoms with E-state index in [1.807, 2.05) is 48.5 Å². The first-order valence-corrected chi connectivity index (χ1v) is 15.4. The second kappa shape index (κ2) is 15.1. The molecule has 4 amide bonds. The Kier molecular flexibility index (Phi) is 10.5. The van der Waals surface area contributed by atoms with E-state index in [4.69, 9.17) is 11.5 Å². The summed E-state index contributed by atoms with van der Waals surface area (Å²) in [6, 6.07) is 18.7. The number of amides is 4. The van der Waals surface area contributed by atoms with Crippen LogP contribution in [0.5, 0.6) is 0 Å². The molecule has 248 valence electrons. The van der Waals surface area contributed by atoms with Crippen LogP contribution >= 0.6 is 0 Å². The highest BCUT2D eigenvalue weighted by molar-refractivity contribution is 5.96. The van der Waals surface area contributed by atoms with Crippen LogP contribution in [0.15, 0.2) is 91.3 Å². The molecule has 0 aliphatic rings. The van der Waals surface area contributed by atoms with Gasteiger partial charge in [-0.15, -0.1) is 0 Å². The van der Waals surface area contributed by atoms with E-state index < -0.39 is 60.2 Å². The minimum Gasteiger partial charge on any atom is -0.480 e. The van der Waals surface area contributed by atoms with Crippen LogP contribution in [-0.2, 0) is 43.2 Å². The summed E-state index contributed by atoms with van der Waals surface area (Å²) in [5.41, 5.74) is 14.9. The second-order valence-corrected chi connectivity index (χ2v) is 11.6. The minimum absolute atomic E-state index is 0.00814. The number of hydrogen-bond donors (Lipinski definition) is 8. The number of aliphatic carboxylic acids is 1. The molecule has 0 aliphatic carbocycles. The average Bonchev–Trinajstić information content (AvgIpc) is 3.67. The fraction of sp³-hybridized carbons (Fsp3) is 0.229. The van der Waals surface area contributed by atoms with Crippen LogP contribution in [-0.4, -0.2) is 68.8 Å². The van der Waals surface area contributed by atoms with Gasteiger partial charge in [0.2, 0.25) is 23.6 Å². The lowest BCUT2D eigenvalue weighted by Gasteiger charge is -2.25. The molecule has 5 rings (SSSR count). The van der Waals surface area contributed by atoms with Gasteiger partial charge in [0.25, 0.3) is 0 Å². The third-order valence-corrected chi connectivity index (χ3v) is 8.12. The predicted octanol–water partition coefficient (Wildman–Crippen LogP) is 1.42. The van der Waals surface area contributed by atoms with Gasteiger partial charge in [-0.1, -0.05) is 66.7 Å². The van der Waals surface area contributed by atoms with Gasteiger partial charge < -0.3 is 42.5 Å². The third-order valence-electron chi connectivity index (χ3n) is 8.12. The number of para-hydroxylation sites is 2. The van der Waals surface area contributed by atoms with Crippen molar-refractivity contribution in [2.75, 3.05) is 0 Å². The van der Waals surface area contributed by atoms with E-state index in [1.165, 1.54) is 0 Å². The molecular weight excluding hydrogens is 614 g/mol. The Morgan fingerprint density at radius 1 is 0.625 bits per heavy atom. The fourth-order valence-corrected chi connectivity index (χ4v) is 5.64. The molecule has 4 atom stereocenters. The Bertz CT molecular complexity index is 1940. The SMILES string of the molecule is NC(=O)CC(N)C(=O)NC(Cc1c[nH]c2ccccc12)C(=O)NC(Cc1c[nH]c2ccccc12)C(=O)NC(Cc1ccccc1)C(=O)O. The van der Waals surface area contributed by atoms with Gasteiger partial charge in [0, 0.05) is 53.5 Å². The smallest absolute Gasteiger partial charge is 0.326 e. The van der Waals surface area contributed by atoms with Gasteiger partial charge in [0.05, 0.1) is 12.5 Å². The van der Waals surface area contributed by atoms with Crippen LogP contribution in [0.4, 0.5) is 0 Å². The monoisotopic (exact) mass is 651 g/mol. The molecule has 0 fully saturated rings. The topological polar surface area (TPSA) is 225 Å². The van der Waals surface area contributed by atoms with Crippen molar-refractivity contribution in [1.82, 2.24) is 25.9 Å². The molecule has 10 N–H and O–H groups in total. The van der Waals surface area contributed by atoms with Crippen molar-refractivity contribution in [2.24, 2.45) is 11.5 Å². The molecule has 0 spiro atoms. The van der Waals surface area contributed by atoms with Crippen molar-refractivity contribution in [3.05, 3.63) is 108 Å². The maximum atomic E-state index is 14.0. The summed E-state index contributed by atoms with van der Waals surface area (Å²) in [5, 5.41) is 19.6. The van der Waals surface area contributed by atoms with Crippen LogP contribution < -0.4 is 27.4 Å². The minimum atomic E-state index is -1.31. The Morgan fingerprint density at radius 3 is 1.58 bits per heavy atom. The summed E-state index contributed by atoms with van der Waals surface area (Å²) in [6.45, 7) is 0. The van der Waals surface area contributed by atoms with Crippen LogP contribution in [0.3, 0.4) is 0 Å².